The molecule has 33 heavy (non-hydrogen) atoms. The van der Waals surface area contributed by atoms with E-state index in [1.165, 1.54) is 0 Å². The number of hydrogen-bond acceptors (Lipinski definition) is 4. The van der Waals surface area contributed by atoms with Crippen LogP contribution in [0.1, 0.15) is 36.4 Å². The summed E-state index contributed by atoms with van der Waals surface area (Å²) < 4.78 is 1.83. The number of piperidine rings is 1. The number of fused-ring (bicyclic) bond motifs is 4. The van der Waals surface area contributed by atoms with Crippen molar-refractivity contribution in [2.24, 2.45) is 5.92 Å². The maximum absolute atomic E-state index is 13.0. The molecule has 4 amide bonds. The third kappa shape index (κ3) is 4.15. The smallest absolute Gasteiger partial charge is 0.325 e. The van der Waals surface area contributed by atoms with Crippen molar-refractivity contribution in [3.63, 3.8) is 0 Å². The number of carbonyl (C=O) groups is 3. The van der Waals surface area contributed by atoms with Gasteiger partial charge in [0.15, 0.2) is 0 Å². The summed E-state index contributed by atoms with van der Waals surface area (Å²) in [5.41, 5.74) is 1.70. The Balaban J connectivity index is 1.20. The highest BCUT2D eigenvalue weighted by Crippen LogP contribution is 2.35. The van der Waals surface area contributed by atoms with Crippen LogP contribution in [0.2, 0.25) is 5.02 Å². The number of pyridine rings is 1. The Kier molecular flexibility index (Phi) is 5.70. The molecule has 4 heterocycles. The number of nitrogens with zero attached hydrogens (tertiary/aromatic N) is 3. The van der Waals surface area contributed by atoms with Crippen molar-refractivity contribution in [3.8, 4) is 0 Å². The molecule has 3 aliphatic heterocycles. The molecule has 0 unspecified atom stereocenters. The van der Waals surface area contributed by atoms with E-state index >= 15 is 0 Å². The predicted octanol–water partition coefficient (Wildman–Crippen LogP) is 2.35. The number of carbonyl (C=O) groups excluding carboxylic acids is 3. The number of rotatable bonds is 5. The topological polar surface area (TPSA) is 91.7 Å². The Hall–Kier alpha value is -3.13. The predicted molar refractivity (Wildman–Crippen MR) is 122 cm³/mol. The summed E-state index contributed by atoms with van der Waals surface area (Å²) in [6.07, 6.45) is 1.41. The molecule has 2 bridgehead atoms. The van der Waals surface area contributed by atoms with Crippen molar-refractivity contribution in [1.82, 2.24) is 19.7 Å². The standard InChI is InChI=1S/C24H25ClN4O4/c25-18-5-2-1-4-16(18)14-29-23(32)19(26-24(29)33)8-9-21(30)27-11-15-10-17(13-27)20-6-3-7-22(31)28(20)12-15/h1-7,15,17,19H,8-14H2,(H,26,33)/t15-,17+,19-/m0/s1. The quantitative estimate of drug-likeness (QED) is 0.682. The van der Waals surface area contributed by atoms with Crippen molar-refractivity contribution in [1.29, 1.82) is 0 Å². The molecule has 1 aromatic carbocycles. The first-order valence-electron chi connectivity index (χ1n) is 11.2. The van der Waals surface area contributed by atoms with Gasteiger partial charge in [0.1, 0.15) is 6.04 Å². The Morgan fingerprint density at radius 3 is 2.67 bits per heavy atom. The van der Waals surface area contributed by atoms with Crippen LogP contribution < -0.4 is 10.9 Å². The van der Waals surface area contributed by atoms with E-state index in [2.05, 4.69) is 5.32 Å². The molecule has 2 aromatic rings. The van der Waals surface area contributed by atoms with Gasteiger partial charge in [-0.1, -0.05) is 35.9 Å². The van der Waals surface area contributed by atoms with E-state index in [-0.39, 0.29) is 48.6 Å². The third-order valence-electron chi connectivity index (χ3n) is 6.87. The minimum atomic E-state index is -0.715. The van der Waals surface area contributed by atoms with E-state index < -0.39 is 12.1 Å². The molecule has 2 fully saturated rings. The van der Waals surface area contributed by atoms with Crippen molar-refractivity contribution in [3.05, 3.63) is 69.1 Å². The van der Waals surface area contributed by atoms with Crippen LogP contribution in [-0.4, -0.2) is 51.3 Å². The second-order valence-electron chi connectivity index (χ2n) is 9.05. The normalized spacial score (nSPS) is 24.0. The molecule has 3 atom stereocenters. The van der Waals surface area contributed by atoms with Gasteiger partial charge in [0.2, 0.25) is 5.91 Å². The zero-order valence-corrected chi connectivity index (χ0v) is 18.8. The molecule has 2 saturated heterocycles. The van der Waals surface area contributed by atoms with E-state index in [0.29, 0.717) is 30.2 Å². The van der Waals surface area contributed by atoms with Crippen LogP contribution >= 0.6 is 11.6 Å². The molecule has 3 aliphatic rings. The highest BCUT2D eigenvalue weighted by atomic mass is 35.5. The number of amides is 4. The minimum Gasteiger partial charge on any atom is -0.342 e. The number of hydrogen-bond donors (Lipinski definition) is 1. The van der Waals surface area contributed by atoms with Crippen molar-refractivity contribution >= 4 is 29.4 Å². The van der Waals surface area contributed by atoms with Gasteiger partial charge in [0.05, 0.1) is 6.54 Å². The number of imide groups is 1. The van der Waals surface area contributed by atoms with Crippen LogP contribution in [0.5, 0.6) is 0 Å². The number of urea groups is 1. The van der Waals surface area contributed by atoms with Crippen LogP contribution in [0, 0.1) is 5.92 Å². The first-order chi connectivity index (χ1) is 15.9. The molecule has 172 valence electrons. The zero-order valence-electron chi connectivity index (χ0n) is 18.1. The molecule has 1 aromatic heterocycles. The SMILES string of the molecule is O=C(CC[C@@H]1NC(=O)N(Cc2ccccc2Cl)C1=O)N1C[C@@H]2C[C@H](C1)c1cccc(=O)n1C2. The molecule has 0 aliphatic carbocycles. The molecule has 0 saturated carbocycles. The maximum atomic E-state index is 13.0. The van der Waals surface area contributed by atoms with E-state index in [9.17, 15) is 19.2 Å². The van der Waals surface area contributed by atoms with Gasteiger partial charge in [0.25, 0.3) is 11.5 Å². The third-order valence-corrected chi connectivity index (χ3v) is 7.24. The summed E-state index contributed by atoms with van der Waals surface area (Å²) in [4.78, 5) is 53.3. The summed E-state index contributed by atoms with van der Waals surface area (Å²) in [6.45, 7) is 1.91. The lowest BCUT2D eigenvalue weighted by atomic mass is 9.83. The Morgan fingerprint density at radius 2 is 1.85 bits per heavy atom. The number of nitrogens with one attached hydrogen (secondary N) is 1. The highest BCUT2D eigenvalue weighted by molar-refractivity contribution is 6.31. The zero-order chi connectivity index (χ0) is 23.1. The van der Waals surface area contributed by atoms with Gasteiger partial charge >= 0.3 is 6.03 Å². The largest absolute Gasteiger partial charge is 0.342 e. The number of halogens is 1. The van der Waals surface area contributed by atoms with Crippen LogP contribution in [0.3, 0.4) is 0 Å². The summed E-state index contributed by atoms with van der Waals surface area (Å²) in [5.74, 6) is 0.0353. The highest BCUT2D eigenvalue weighted by Gasteiger charge is 2.40. The Bertz CT molecular complexity index is 1180. The molecular formula is C24H25ClN4O4. The average Bonchev–Trinajstić information content (AvgIpc) is 3.07. The van der Waals surface area contributed by atoms with Gasteiger partial charge in [-0.2, -0.15) is 0 Å². The van der Waals surface area contributed by atoms with E-state index in [1.54, 1.807) is 36.4 Å². The lowest BCUT2D eigenvalue weighted by Crippen LogP contribution is -2.49. The van der Waals surface area contributed by atoms with Gasteiger partial charge in [0, 0.05) is 48.8 Å². The van der Waals surface area contributed by atoms with E-state index in [0.717, 1.165) is 17.0 Å². The minimum absolute atomic E-state index is 0.0128. The van der Waals surface area contributed by atoms with Crippen molar-refractivity contribution in [2.75, 3.05) is 13.1 Å². The van der Waals surface area contributed by atoms with Crippen LogP contribution in [-0.2, 0) is 22.7 Å². The number of likely N-dealkylation sites (tertiary alicyclic amines) is 1. The van der Waals surface area contributed by atoms with Gasteiger partial charge in [-0.15, -0.1) is 0 Å². The van der Waals surface area contributed by atoms with Crippen molar-refractivity contribution < 1.29 is 14.4 Å². The average molecular weight is 469 g/mol. The first-order valence-corrected chi connectivity index (χ1v) is 11.6. The molecule has 0 radical (unpaired) electrons. The van der Waals surface area contributed by atoms with Gasteiger partial charge < -0.3 is 14.8 Å². The monoisotopic (exact) mass is 468 g/mol. The van der Waals surface area contributed by atoms with Gasteiger partial charge in [-0.05, 0) is 36.5 Å². The van der Waals surface area contributed by atoms with E-state index in [1.807, 2.05) is 15.5 Å². The molecule has 9 heteroatoms. The van der Waals surface area contributed by atoms with Gasteiger partial charge in [-0.25, -0.2) is 4.79 Å². The maximum Gasteiger partial charge on any atom is 0.325 e. The summed E-state index contributed by atoms with van der Waals surface area (Å²) in [7, 11) is 0. The van der Waals surface area contributed by atoms with Crippen LogP contribution in [0.15, 0.2) is 47.3 Å². The molecule has 0 spiro atoms. The molecule has 5 rings (SSSR count). The van der Waals surface area contributed by atoms with E-state index in [4.69, 9.17) is 11.6 Å². The molecular weight excluding hydrogens is 444 g/mol. The number of aromatic nitrogens is 1. The summed E-state index contributed by atoms with van der Waals surface area (Å²) in [6, 6.07) is 11.2. The summed E-state index contributed by atoms with van der Waals surface area (Å²) in [5, 5.41) is 3.19. The second kappa shape index (κ2) is 8.67. The summed E-state index contributed by atoms with van der Waals surface area (Å²) >= 11 is 6.16. The Labute approximate surface area is 196 Å². The molecule has 8 nitrogen and oxygen atoms in total. The second-order valence-corrected chi connectivity index (χ2v) is 9.46. The van der Waals surface area contributed by atoms with Crippen LogP contribution in [0.25, 0.3) is 0 Å². The van der Waals surface area contributed by atoms with Crippen LogP contribution in [0.4, 0.5) is 4.79 Å². The lowest BCUT2D eigenvalue weighted by Gasteiger charge is -2.42. The lowest BCUT2D eigenvalue weighted by molar-refractivity contribution is -0.134. The van der Waals surface area contributed by atoms with Gasteiger partial charge in [-0.3, -0.25) is 19.3 Å². The number of benzene rings is 1. The fourth-order valence-electron chi connectivity index (χ4n) is 5.25. The van der Waals surface area contributed by atoms with Crippen molar-refractivity contribution in [2.45, 2.75) is 44.3 Å². The fourth-order valence-corrected chi connectivity index (χ4v) is 5.44. The fraction of sp³-hybridized carbons (Fsp3) is 0.417. The Morgan fingerprint density at radius 1 is 1.03 bits per heavy atom. The molecule has 1 N–H and O–H groups in total. The first kappa shape index (κ1) is 21.7.